The van der Waals surface area contributed by atoms with Crippen LogP contribution in [0.25, 0.3) is 0 Å². The van der Waals surface area contributed by atoms with Crippen LogP contribution in [0.4, 0.5) is 0 Å². The average molecular weight is 233 g/mol. The number of hydrogen-bond acceptors (Lipinski definition) is 3. The van der Waals surface area contributed by atoms with E-state index in [2.05, 4.69) is 31.0 Å². The fraction of sp³-hybridized carbons (Fsp3) is 0.308. The molecule has 16 heavy (non-hydrogen) atoms. The third-order valence-corrected chi connectivity index (χ3v) is 3.70. The van der Waals surface area contributed by atoms with Gasteiger partial charge in [0.15, 0.2) is 0 Å². The molecular weight excluding hydrogens is 218 g/mol. The quantitative estimate of drug-likeness (QED) is 0.884. The number of thiazole rings is 1. The van der Waals surface area contributed by atoms with Crippen LogP contribution in [0.5, 0.6) is 0 Å². The van der Waals surface area contributed by atoms with Crippen LogP contribution in [-0.2, 0) is 6.42 Å². The first-order valence-electron chi connectivity index (χ1n) is 5.30. The van der Waals surface area contributed by atoms with E-state index in [1.807, 2.05) is 6.07 Å². The molecule has 1 aromatic carbocycles. The van der Waals surface area contributed by atoms with Gasteiger partial charge in [0.2, 0.25) is 0 Å². The van der Waals surface area contributed by atoms with Gasteiger partial charge in [-0.3, -0.25) is 4.98 Å². The summed E-state index contributed by atoms with van der Waals surface area (Å²) >= 11 is 1.50. The maximum atomic E-state index is 10.1. The van der Waals surface area contributed by atoms with Crippen molar-refractivity contribution in [1.82, 2.24) is 4.98 Å². The van der Waals surface area contributed by atoms with Gasteiger partial charge in [-0.1, -0.05) is 18.2 Å². The third kappa shape index (κ3) is 2.31. The largest absolute Gasteiger partial charge is 0.387 e. The van der Waals surface area contributed by atoms with E-state index in [0.29, 0.717) is 6.42 Å². The van der Waals surface area contributed by atoms with Crippen LogP contribution in [0, 0.1) is 13.8 Å². The van der Waals surface area contributed by atoms with Gasteiger partial charge in [-0.25, -0.2) is 0 Å². The number of nitrogens with zero attached hydrogens (tertiary/aromatic N) is 1. The Morgan fingerprint density at radius 1 is 1.31 bits per heavy atom. The minimum atomic E-state index is -0.438. The van der Waals surface area contributed by atoms with E-state index in [-0.39, 0.29) is 0 Å². The normalized spacial score (nSPS) is 12.7. The van der Waals surface area contributed by atoms with Crippen LogP contribution in [0.15, 0.2) is 29.9 Å². The number of rotatable bonds is 3. The summed E-state index contributed by atoms with van der Waals surface area (Å²) in [6.07, 6.45) is 1.97. The summed E-state index contributed by atoms with van der Waals surface area (Å²) in [4.78, 5) is 4.92. The molecule has 3 heteroatoms. The molecule has 0 bridgehead atoms. The van der Waals surface area contributed by atoms with Gasteiger partial charge in [0.25, 0.3) is 0 Å². The van der Waals surface area contributed by atoms with Gasteiger partial charge in [0, 0.05) is 12.6 Å². The topological polar surface area (TPSA) is 33.1 Å². The Kier molecular flexibility index (Phi) is 3.36. The summed E-state index contributed by atoms with van der Waals surface area (Å²) in [7, 11) is 0. The molecule has 0 radical (unpaired) electrons. The molecule has 0 saturated heterocycles. The van der Waals surface area contributed by atoms with E-state index in [4.69, 9.17) is 0 Å². The smallest absolute Gasteiger partial charge is 0.0938 e. The molecule has 0 fully saturated rings. The molecule has 2 aromatic rings. The Hall–Kier alpha value is -1.19. The van der Waals surface area contributed by atoms with Gasteiger partial charge in [0.1, 0.15) is 0 Å². The maximum Gasteiger partial charge on any atom is 0.0938 e. The summed E-state index contributed by atoms with van der Waals surface area (Å²) in [5.74, 6) is 0. The van der Waals surface area contributed by atoms with E-state index < -0.39 is 6.10 Å². The Morgan fingerprint density at radius 3 is 2.56 bits per heavy atom. The number of benzene rings is 1. The Balaban J connectivity index is 2.21. The fourth-order valence-electron chi connectivity index (χ4n) is 1.86. The van der Waals surface area contributed by atoms with Crippen LogP contribution < -0.4 is 0 Å². The summed E-state index contributed by atoms with van der Waals surface area (Å²) in [5, 5.41) is 10.1. The van der Waals surface area contributed by atoms with Crippen molar-refractivity contribution in [2.75, 3.05) is 0 Å². The molecular formula is C13H15NOS. The maximum absolute atomic E-state index is 10.1. The summed E-state index contributed by atoms with van der Waals surface area (Å²) < 4.78 is 0. The van der Waals surface area contributed by atoms with Crippen molar-refractivity contribution in [2.24, 2.45) is 0 Å². The monoisotopic (exact) mass is 233 g/mol. The second-order valence-electron chi connectivity index (χ2n) is 3.99. The summed E-state index contributed by atoms with van der Waals surface area (Å²) in [6.45, 7) is 4.17. The Morgan fingerprint density at radius 2 is 2.00 bits per heavy atom. The number of aromatic nitrogens is 1. The highest BCUT2D eigenvalue weighted by Crippen LogP contribution is 2.24. The van der Waals surface area contributed by atoms with E-state index in [0.717, 1.165) is 4.88 Å². The molecule has 1 atom stereocenters. The zero-order valence-corrected chi connectivity index (χ0v) is 10.3. The van der Waals surface area contributed by atoms with E-state index >= 15 is 0 Å². The number of hydrogen-bond donors (Lipinski definition) is 1. The van der Waals surface area contributed by atoms with Crippen LogP contribution in [-0.4, -0.2) is 10.1 Å². The highest BCUT2D eigenvalue weighted by atomic mass is 32.1. The molecule has 1 heterocycles. The lowest BCUT2D eigenvalue weighted by Gasteiger charge is -2.13. The minimum Gasteiger partial charge on any atom is -0.387 e. The highest BCUT2D eigenvalue weighted by molar-refractivity contribution is 7.09. The first kappa shape index (κ1) is 11.3. The highest BCUT2D eigenvalue weighted by Gasteiger charge is 2.12. The summed E-state index contributed by atoms with van der Waals surface area (Å²) in [6, 6.07) is 6.22. The van der Waals surface area contributed by atoms with E-state index in [9.17, 15) is 5.11 Å². The van der Waals surface area contributed by atoms with Crippen molar-refractivity contribution in [3.05, 3.63) is 51.5 Å². The van der Waals surface area contributed by atoms with Crippen molar-refractivity contribution in [1.29, 1.82) is 0 Å². The molecule has 0 aliphatic carbocycles. The lowest BCUT2D eigenvalue weighted by atomic mass is 9.97. The second-order valence-corrected chi connectivity index (χ2v) is 4.91. The van der Waals surface area contributed by atoms with Crippen LogP contribution in [0.3, 0.4) is 0 Å². The fourth-order valence-corrected chi connectivity index (χ4v) is 2.46. The predicted molar refractivity (Wildman–Crippen MR) is 66.7 cm³/mol. The van der Waals surface area contributed by atoms with Crippen molar-refractivity contribution >= 4 is 11.3 Å². The van der Waals surface area contributed by atoms with Gasteiger partial charge in [-0.05, 0) is 30.5 Å². The zero-order valence-electron chi connectivity index (χ0n) is 9.47. The third-order valence-electron chi connectivity index (χ3n) is 2.82. The molecule has 84 valence electrons. The van der Waals surface area contributed by atoms with Gasteiger partial charge >= 0.3 is 0 Å². The SMILES string of the molecule is Cc1cccc(C)c1CC(O)c1cncs1. The number of aryl methyl sites for hydroxylation is 2. The van der Waals surface area contributed by atoms with Gasteiger partial charge in [-0.2, -0.15) is 0 Å². The molecule has 2 nitrogen and oxygen atoms in total. The number of aliphatic hydroxyl groups excluding tert-OH is 1. The molecule has 0 spiro atoms. The lowest BCUT2D eigenvalue weighted by Crippen LogP contribution is -2.03. The first-order chi connectivity index (χ1) is 7.68. The van der Waals surface area contributed by atoms with Crippen molar-refractivity contribution in [3.63, 3.8) is 0 Å². The standard InChI is InChI=1S/C13H15NOS/c1-9-4-3-5-10(2)11(9)6-12(15)13-7-14-8-16-13/h3-5,7-8,12,15H,6H2,1-2H3. The van der Waals surface area contributed by atoms with Gasteiger partial charge < -0.3 is 5.11 Å². The lowest BCUT2D eigenvalue weighted by molar-refractivity contribution is 0.181. The van der Waals surface area contributed by atoms with Crippen LogP contribution >= 0.6 is 11.3 Å². The predicted octanol–water partition coefficient (Wildman–Crippen LogP) is 3.04. The number of aliphatic hydroxyl groups is 1. The molecule has 2 rings (SSSR count). The van der Waals surface area contributed by atoms with Crippen LogP contribution in [0.1, 0.15) is 27.7 Å². The van der Waals surface area contributed by atoms with E-state index in [1.165, 1.54) is 28.0 Å². The molecule has 1 N–H and O–H groups in total. The Labute approximate surface area is 99.6 Å². The Bertz CT molecular complexity index is 445. The molecule has 1 aromatic heterocycles. The zero-order chi connectivity index (χ0) is 11.5. The first-order valence-corrected chi connectivity index (χ1v) is 6.18. The molecule has 0 aliphatic heterocycles. The molecule has 0 saturated carbocycles. The average Bonchev–Trinajstić information content (AvgIpc) is 2.76. The van der Waals surface area contributed by atoms with Crippen molar-refractivity contribution in [3.8, 4) is 0 Å². The van der Waals surface area contributed by atoms with E-state index in [1.54, 1.807) is 11.7 Å². The van der Waals surface area contributed by atoms with Crippen molar-refractivity contribution < 1.29 is 5.11 Å². The molecule has 1 unspecified atom stereocenters. The van der Waals surface area contributed by atoms with Gasteiger partial charge in [0.05, 0.1) is 16.5 Å². The minimum absolute atomic E-state index is 0.438. The molecule has 0 amide bonds. The van der Waals surface area contributed by atoms with Gasteiger partial charge in [-0.15, -0.1) is 11.3 Å². The molecule has 0 aliphatic rings. The van der Waals surface area contributed by atoms with Crippen LogP contribution in [0.2, 0.25) is 0 Å². The second kappa shape index (κ2) is 4.76. The summed E-state index contributed by atoms with van der Waals surface area (Å²) in [5.41, 5.74) is 5.47. The van der Waals surface area contributed by atoms with Crippen molar-refractivity contribution in [2.45, 2.75) is 26.4 Å².